The molecule has 3 unspecified atom stereocenters. The van der Waals surface area contributed by atoms with E-state index in [-0.39, 0.29) is 19.3 Å². The number of hydrogen-bond acceptors (Lipinski definition) is 6. The topological polar surface area (TPSA) is 112 Å². The van der Waals surface area contributed by atoms with Crippen molar-refractivity contribution < 1.29 is 29.7 Å². The molecule has 0 spiro atoms. The van der Waals surface area contributed by atoms with E-state index in [0.29, 0.717) is 19.3 Å². The third-order valence-corrected chi connectivity index (χ3v) is 12.3. The van der Waals surface area contributed by atoms with Crippen LogP contribution in [0.15, 0.2) is 24.3 Å². The molecule has 0 fully saturated rings. The summed E-state index contributed by atoms with van der Waals surface area (Å²) in [5.41, 5.74) is -2.81. The van der Waals surface area contributed by atoms with Crippen molar-refractivity contribution in [3.05, 3.63) is 24.3 Å². The van der Waals surface area contributed by atoms with Crippen LogP contribution >= 0.6 is 0 Å². The SMILES string of the molecule is CCCCC/C=C\C/C=C\CCCCCCCC(=O)C(O)C(O)(C(=O)CCCCCCCCCCCCCCC)C(O)C(=O)CCCCCCCCCCCCCCC. The number of allylic oxidation sites excluding steroid dienone is 4. The third-order valence-electron chi connectivity index (χ3n) is 12.3. The minimum absolute atomic E-state index is 0.000240. The van der Waals surface area contributed by atoms with E-state index < -0.39 is 35.2 Å². The first-order valence-electron chi connectivity index (χ1n) is 25.7. The van der Waals surface area contributed by atoms with Crippen LogP contribution in [0.4, 0.5) is 0 Å². The highest BCUT2D eigenvalue weighted by Gasteiger charge is 2.53. The van der Waals surface area contributed by atoms with Crippen molar-refractivity contribution in [3.8, 4) is 0 Å². The summed E-state index contributed by atoms with van der Waals surface area (Å²) in [6.45, 7) is 6.71. The molecule has 0 rings (SSSR count). The summed E-state index contributed by atoms with van der Waals surface area (Å²) >= 11 is 0. The van der Waals surface area contributed by atoms with E-state index >= 15 is 0 Å². The number of ketones is 3. The third kappa shape index (κ3) is 32.7. The molecule has 6 nitrogen and oxygen atoms in total. The van der Waals surface area contributed by atoms with Gasteiger partial charge in [0.15, 0.2) is 35.2 Å². The predicted octanol–water partition coefficient (Wildman–Crippen LogP) is 14.9. The van der Waals surface area contributed by atoms with E-state index in [1.54, 1.807) is 0 Å². The van der Waals surface area contributed by atoms with E-state index in [0.717, 1.165) is 83.5 Å². The number of hydrogen-bond donors (Lipinski definition) is 3. The van der Waals surface area contributed by atoms with Crippen LogP contribution in [0.3, 0.4) is 0 Å². The molecule has 0 heterocycles. The lowest BCUT2D eigenvalue weighted by molar-refractivity contribution is -0.181. The van der Waals surface area contributed by atoms with E-state index in [9.17, 15) is 29.7 Å². The van der Waals surface area contributed by atoms with Gasteiger partial charge < -0.3 is 15.3 Å². The Bertz CT molecular complexity index is 1020. The summed E-state index contributed by atoms with van der Waals surface area (Å²) in [5.74, 6) is -2.14. The zero-order valence-electron chi connectivity index (χ0n) is 39.3. The molecule has 3 N–H and O–H groups in total. The van der Waals surface area contributed by atoms with E-state index in [2.05, 4.69) is 45.1 Å². The maximum atomic E-state index is 13.6. The second-order valence-electron chi connectivity index (χ2n) is 18.0. The molecule has 346 valence electrons. The average molecular weight is 831 g/mol. The van der Waals surface area contributed by atoms with Crippen molar-refractivity contribution in [2.45, 2.75) is 295 Å². The zero-order chi connectivity index (χ0) is 43.5. The number of carbonyl (C=O) groups excluding carboxylic acids is 3. The van der Waals surface area contributed by atoms with Gasteiger partial charge in [0.1, 0.15) is 0 Å². The standard InChI is InChI=1S/C53H98O6/c1-4-7-10-13-16-19-22-25-26-29-31-34-37-40-43-46-49(55)52(58)53(59,50(56)47-44-41-38-35-32-28-24-21-18-15-12-9-6-3)51(57)48(54)45-42-39-36-33-30-27-23-20-17-14-11-8-5-2/h16,19,25-26,51-52,57-59H,4-15,17-18,20-24,27-47H2,1-3H3/b19-16-,26-25-. The molecular formula is C53H98O6. The maximum absolute atomic E-state index is 13.6. The Labute approximate surface area is 365 Å². The Kier molecular flexibility index (Phi) is 41.8. The fourth-order valence-electron chi connectivity index (χ4n) is 8.15. The van der Waals surface area contributed by atoms with Crippen molar-refractivity contribution in [3.63, 3.8) is 0 Å². The first kappa shape index (κ1) is 57.4. The van der Waals surface area contributed by atoms with Gasteiger partial charge in [-0.25, -0.2) is 0 Å². The summed E-state index contributed by atoms with van der Waals surface area (Å²) < 4.78 is 0. The smallest absolute Gasteiger partial charge is 0.189 e. The van der Waals surface area contributed by atoms with Gasteiger partial charge in [-0.2, -0.15) is 0 Å². The molecule has 0 amide bonds. The lowest BCUT2D eigenvalue weighted by atomic mass is 9.78. The van der Waals surface area contributed by atoms with Crippen LogP contribution in [0.2, 0.25) is 0 Å². The summed E-state index contributed by atoms with van der Waals surface area (Å²) in [6, 6.07) is 0. The number of rotatable bonds is 47. The quantitative estimate of drug-likeness (QED) is 0.0416. The highest BCUT2D eigenvalue weighted by atomic mass is 16.4. The van der Waals surface area contributed by atoms with E-state index in [1.807, 2.05) is 0 Å². The van der Waals surface area contributed by atoms with Crippen LogP contribution in [-0.2, 0) is 14.4 Å². The summed E-state index contributed by atoms with van der Waals surface area (Å²) in [4.78, 5) is 40.0. The highest BCUT2D eigenvalue weighted by Crippen LogP contribution is 2.26. The molecule has 0 bridgehead atoms. The lowest BCUT2D eigenvalue weighted by Crippen LogP contribution is -2.63. The molecule has 0 aliphatic heterocycles. The van der Waals surface area contributed by atoms with Gasteiger partial charge in [-0.3, -0.25) is 14.4 Å². The normalized spacial score (nSPS) is 14.0. The molecule has 0 radical (unpaired) electrons. The van der Waals surface area contributed by atoms with Gasteiger partial charge in [0.05, 0.1) is 0 Å². The first-order valence-corrected chi connectivity index (χ1v) is 25.7. The van der Waals surface area contributed by atoms with Crippen molar-refractivity contribution in [1.82, 2.24) is 0 Å². The highest BCUT2D eigenvalue weighted by molar-refractivity contribution is 6.01. The molecule has 0 aliphatic carbocycles. The number of unbranched alkanes of at least 4 members (excludes halogenated alkanes) is 32. The summed E-state index contributed by atoms with van der Waals surface area (Å²) in [5, 5.41) is 34.0. The van der Waals surface area contributed by atoms with Gasteiger partial charge >= 0.3 is 0 Å². The monoisotopic (exact) mass is 831 g/mol. The van der Waals surface area contributed by atoms with Crippen molar-refractivity contribution in [2.75, 3.05) is 0 Å². The second-order valence-corrected chi connectivity index (χ2v) is 18.0. The van der Waals surface area contributed by atoms with Crippen molar-refractivity contribution >= 4 is 17.3 Å². The van der Waals surface area contributed by atoms with Crippen LogP contribution < -0.4 is 0 Å². The Balaban J connectivity index is 4.82. The van der Waals surface area contributed by atoms with Gasteiger partial charge in [-0.1, -0.05) is 231 Å². The molecule has 59 heavy (non-hydrogen) atoms. The summed E-state index contributed by atoms with van der Waals surface area (Å²) in [7, 11) is 0. The van der Waals surface area contributed by atoms with Crippen LogP contribution in [0.1, 0.15) is 278 Å². The number of carbonyl (C=O) groups is 3. The zero-order valence-corrected chi connectivity index (χ0v) is 39.3. The van der Waals surface area contributed by atoms with Gasteiger partial charge in [-0.05, 0) is 51.4 Å². The number of Topliss-reactive ketones (excluding diaryl/α,β-unsaturated/α-hetero) is 3. The maximum Gasteiger partial charge on any atom is 0.189 e. The average Bonchev–Trinajstić information content (AvgIpc) is 3.24. The van der Waals surface area contributed by atoms with Crippen molar-refractivity contribution in [1.29, 1.82) is 0 Å². The number of aliphatic hydroxyl groups is 3. The van der Waals surface area contributed by atoms with Gasteiger partial charge in [0, 0.05) is 19.3 Å². The fraction of sp³-hybridized carbons (Fsp3) is 0.868. The molecule has 0 aromatic rings. The minimum Gasteiger partial charge on any atom is -0.382 e. The van der Waals surface area contributed by atoms with Crippen molar-refractivity contribution in [2.24, 2.45) is 0 Å². The van der Waals surface area contributed by atoms with Crippen LogP contribution in [0.5, 0.6) is 0 Å². The largest absolute Gasteiger partial charge is 0.382 e. The van der Waals surface area contributed by atoms with E-state index in [1.165, 1.54) is 135 Å². The Morgan fingerprint density at radius 2 is 0.627 bits per heavy atom. The lowest BCUT2D eigenvalue weighted by Gasteiger charge is -2.34. The Morgan fingerprint density at radius 3 is 0.966 bits per heavy atom. The summed E-state index contributed by atoms with van der Waals surface area (Å²) in [6.07, 6.45) is 46.1. The first-order chi connectivity index (χ1) is 28.8. The molecule has 0 aliphatic rings. The molecule has 3 atom stereocenters. The molecular weight excluding hydrogens is 733 g/mol. The van der Waals surface area contributed by atoms with Gasteiger partial charge in [0.25, 0.3) is 0 Å². The van der Waals surface area contributed by atoms with Crippen LogP contribution in [0, 0.1) is 0 Å². The fourth-order valence-corrected chi connectivity index (χ4v) is 8.15. The second kappa shape index (κ2) is 43.0. The molecule has 0 aromatic carbocycles. The Morgan fingerprint density at radius 1 is 0.373 bits per heavy atom. The van der Waals surface area contributed by atoms with Crippen LogP contribution in [-0.4, -0.2) is 50.5 Å². The molecule has 6 heteroatoms. The molecule has 0 saturated carbocycles. The minimum atomic E-state index is -2.81. The van der Waals surface area contributed by atoms with Gasteiger partial charge in [-0.15, -0.1) is 0 Å². The molecule has 0 saturated heterocycles. The predicted molar refractivity (Wildman–Crippen MR) is 252 cm³/mol. The van der Waals surface area contributed by atoms with E-state index in [4.69, 9.17) is 0 Å². The van der Waals surface area contributed by atoms with Gasteiger partial charge in [0.2, 0.25) is 0 Å². The number of aliphatic hydroxyl groups excluding tert-OH is 2. The van der Waals surface area contributed by atoms with Crippen LogP contribution in [0.25, 0.3) is 0 Å². The molecule has 0 aromatic heterocycles. The Hall–Kier alpha value is -1.63.